The van der Waals surface area contributed by atoms with Crippen molar-refractivity contribution in [2.24, 2.45) is 0 Å². The van der Waals surface area contributed by atoms with Crippen LogP contribution in [0.3, 0.4) is 0 Å². The van der Waals surface area contributed by atoms with E-state index in [-0.39, 0.29) is 11.5 Å². The molecule has 4 rings (SSSR count). The minimum absolute atomic E-state index is 0.0107. The van der Waals surface area contributed by atoms with Gasteiger partial charge in [-0.25, -0.2) is 4.98 Å². The van der Waals surface area contributed by atoms with E-state index in [1.165, 1.54) is 23.9 Å². The van der Waals surface area contributed by atoms with Gasteiger partial charge in [0.2, 0.25) is 0 Å². The van der Waals surface area contributed by atoms with E-state index in [1.54, 1.807) is 13.3 Å². The van der Waals surface area contributed by atoms with Gasteiger partial charge in [0.15, 0.2) is 16.7 Å². The predicted octanol–water partition coefficient (Wildman–Crippen LogP) is 4.20. The number of H-pyrrole nitrogens is 1. The Morgan fingerprint density at radius 3 is 2.69 bits per heavy atom. The van der Waals surface area contributed by atoms with E-state index in [2.05, 4.69) is 24.4 Å². The first kappa shape index (κ1) is 16.9. The van der Waals surface area contributed by atoms with Gasteiger partial charge in [-0.1, -0.05) is 11.8 Å². The SMILES string of the molecule is COc1c(C)cnc(CSc2nc3cc4c(cc3[nH]2)OC(F)(F)O4)c1C. The number of thioether (sulfide) groups is 1. The summed E-state index contributed by atoms with van der Waals surface area (Å²) in [4.78, 5) is 12.0. The topological polar surface area (TPSA) is 69.3 Å². The molecule has 0 aliphatic carbocycles. The number of aromatic nitrogens is 3. The third kappa shape index (κ3) is 2.92. The van der Waals surface area contributed by atoms with E-state index in [9.17, 15) is 8.78 Å². The molecule has 3 aromatic rings. The van der Waals surface area contributed by atoms with Crippen LogP contribution in [-0.4, -0.2) is 28.4 Å². The number of aromatic amines is 1. The molecular weight excluding hydrogens is 364 g/mol. The molecule has 0 saturated carbocycles. The lowest BCUT2D eigenvalue weighted by Gasteiger charge is -2.11. The zero-order valence-electron chi connectivity index (χ0n) is 14.2. The van der Waals surface area contributed by atoms with Crippen molar-refractivity contribution in [1.29, 1.82) is 0 Å². The van der Waals surface area contributed by atoms with Crippen molar-refractivity contribution in [3.63, 3.8) is 0 Å². The molecule has 136 valence electrons. The lowest BCUT2D eigenvalue weighted by molar-refractivity contribution is -0.286. The van der Waals surface area contributed by atoms with Gasteiger partial charge < -0.3 is 19.2 Å². The van der Waals surface area contributed by atoms with Crippen LogP contribution in [0.2, 0.25) is 0 Å². The second-order valence-electron chi connectivity index (χ2n) is 5.86. The Morgan fingerprint density at radius 1 is 1.23 bits per heavy atom. The van der Waals surface area contributed by atoms with Gasteiger partial charge in [-0.15, -0.1) is 8.78 Å². The maximum absolute atomic E-state index is 13.1. The van der Waals surface area contributed by atoms with Gasteiger partial charge in [0.1, 0.15) is 5.75 Å². The van der Waals surface area contributed by atoms with E-state index in [4.69, 9.17) is 4.74 Å². The van der Waals surface area contributed by atoms with Gasteiger partial charge in [-0.2, -0.15) is 0 Å². The van der Waals surface area contributed by atoms with Crippen molar-refractivity contribution in [1.82, 2.24) is 15.0 Å². The Hall–Kier alpha value is -2.55. The van der Waals surface area contributed by atoms with Crippen LogP contribution >= 0.6 is 11.8 Å². The highest BCUT2D eigenvalue weighted by Gasteiger charge is 2.43. The number of alkyl halides is 2. The minimum Gasteiger partial charge on any atom is -0.496 e. The summed E-state index contributed by atoms with van der Waals surface area (Å²) in [6.07, 6.45) is -1.85. The summed E-state index contributed by atoms with van der Waals surface area (Å²) in [5.41, 5.74) is 3.98. The number of nitrogens with one attached hydrogen (secondary N) is 1. The van der Waals surface area contributed by atoms with Crippen LogP contribution < -0.4 is 14.2 Å². The Balaban J connectivity index is 1.56. The molecule has 3 heterocycles. The first-order valence-electron chi connectivity index (χ1n) is 7.78. The van der Waals surface area contributed by atoms with E-state index in [0.29, 0.717) is 21.9 Å². The number of ether oxygens (including phenoxy) is 3. The molecule has 1 aliphatic rings. The Kier molecular flexibility index (Phi) is 3.91. The van der Waals surface area contributed by atoms with Crippen LogP contribution in [-0.2, 0) is 5.75 Å². The predicted molar refractivity (Wildman–Crippen MR) is 92.1 cm³/mol. The van der Waals surface area contributed by atoms with Crippen molar-refractivity contribution in [3.8, 4) is 17.2 Å². The number of aryl methyl sites for hydroxylation is 1. The van der Waals surface area contributed by atoms with Gasteiger partial charge in [0, 0.05) is 35.2 Å². The lowest BCUT2D eigenvalue weighted by atomic mass is 10.1. The van der Waals surface area contributed by atoms with Crippen molar-refractivity contribution in [2.45, 2.75) is 31.1 Å². The summed E-state index contributed by atoms with van der Waals surface area (Å²) in [7, 11) is 1.64. The zero-order chi connectivity index (χ0) is 18.5. The van der Waals surface area contributed by atoms with Crippen LogP contribution in [0, 0.1) is 13.8 Å². The maximum atomic E-state index is 13.1. The van der Waals surface area contributed by atoms with E-state index in [0.717, 1.165) is 22.6 Å². The van der Waals surface area contributed by atoms with Crippen LogP contribution in [0.15, 0.2) is 23.5 Å². The number of methoxy groups -OCH3 is 1. The van der Waals surface area contributed by atoms with Crippen LogP contribution in [0.5, 0.6) is 17.2 Å². The molecule has 1 N–H and O–H groups in total. The van der Waals surface area contributed by atoms with Gasteiger partial charge in [0.05, 0.1) is 23.8 Å². The molecule has 2 aromatic heterocycles. The Labute approximate surface area is 151 Å². The fourth-order valence-electron chi connectivity index (χ4n) is 2.85. The monoisotopic (exact) mass is 379 g/mol. The molecule has 0 atom stereocenters. The molecule has 0 amide bonds. The molecule has 1 aromatic carbocycles. The van der Waals surface area contributed by atoms with Crippen molar-refractivity contribution < 1.29 is 23.0 Å². The Morgan fingerprint density at radius 2 is 1.96 bits per heavy atom. The number of hydrogen-bond donors (Lipinski definition) is 1. The normalized spacial score (nSPS) is 14.8. The summed E-state index contributed by atoms with van der Waals surface area (Å²) in [5, 5.41) is 0.649. The molecule has 0 saturated heterocycles. The highest BCUT2D eigenvalue weighted by atomic mass is 32.2. The van der Waals surface area contributed by atoms with Gasteiger partial charge >= 0.3 is 6.29 Å². The molecule has 0 fully saturated rings. The number of halogens is 2. The second kappa shape index (κ2) is 6.01. The molecule has 0 unspecified atom stereocenters. The molecule has 0 radical (unpaired) electrons. The van der Waals surface area contributed by atoms with E-state index < -0.39 is 6.29 Å². The third-order valence-electron chi connectivity index (χ3n) is 4.08. The van der Waals surface area contributed by atoms with E-state index in [1.807, 2.05) is 13.8 Å². The summed E-state index contributed by atoms with van der Waals surface area (Å²) in [5.74, 6) is 1.38. The van der Waals surface area contributed by atoms with Gasteiger partial charge in [-0.05, 0) is 13.8 Å². The largest absolute Gasteiger partial charge is 0.586 e. The van der Waals surface area contributed by atoms with Gasteiger partial charge in [0.25, 0.3) is 0 Å². The zero-order valence-corrected chi connectivity index (χ0v) is 15.0. The molecule has 26 heavy (non-hydrogen) atoms. The number of nitrogens with zero attached hydrogens (tertiary/aromatic N) is 2. The highest BCUT2D eigenvalue weighted by molar-refractivity contribution is 7.98. The molecule has 0 spiro atoms. The maximum Gasteiger partial charge on any atom is 0.586 e. The first-order chi connectivity index (χ1) is 12.4. The lowest BCUT2D eigenvalue weighted by Crippen LogP contribution is -2.25. The molecule has 1 aliphatic heterocycles. The summed E-state index contributed by atoms with van der Waals surface area (Å²) in [6.45, 7) is 3.91. The fourth-order valence-corrected chi connectivity index (χ4v) is 3.76. The van der Waals surface area contributed by atoms with Crippen molar-refractivity contribution in [2.75, 3.05) is 7.11 Å². The fraction of sp³-hybridized carbons (Fsp3) is 0.294. The minimum atomic E-state index is -3.63. The quantitative estimate of drug-likeness (QED) is 0.686. The summed E-state index contributed by atoms with van der Waals surface area (Å²) in [6, 6.07) is 2.89. The van der Waals surface area contributed by atoms with Crippen LogP contribution in [0.1, 0.15) is 16.8 Å². The number of pyridine rings is 1. The Bertz CT molecular complexity index is 962. The van der Waals surface area contributed by atoms with Gasteiger partial charge in [-0.3, -0.25) is 4.98 Å². The number of benzene rings is 1. The molecule has 9 heteroatoms. The first-order valence-corrected chi connectivity index (χ1v) is 8.76. The van der Waals surface area contributed by atoms with Crippen molar-refractivity contribution >= 4 is 22.8 Å². The highest BCUT2D eigenvalue weighted by Crippen LogP contribution is 2.43. The summed E-state index contributed by atoms with van der Waals surface area (Å²) >= 11 is 1.46. The van der Waals surface area contributed by atoms with Crippen LogP contribution in [0.25, 0.3) is 11.0 Å². The number of hydrogen-bond acceptors (Lipinski definition) is 6. The number of imidazole rings is 1. The second-order valence-corrected chi connectivity index (χ2v) is 6.82. The molecule has 0 bridgehead atoms. The molecular formula is C17H15F2N3O3S. The van der Waals surface area contributed by atoms with E-state index >= 15 is 0 Å². The third-order valence-corrected chi connectivity index (χ3v) is 4.96. The summed E-state index contributed by atoms with van der Waals surface area (Å²) < 4.78 is 40.6. The van der Waals surface area contributed by atoms with Crippen molar-refractivity contribution in [3.05, 3.63) is 35.2 Å². The van der Waals surface area contributed by atoms with Crippen LogP contribution in [0.4, 0.5) is 8.78 Å². The standard InChI is InChI=1S/C17H15F2N3O3S/c1-8-6-20-12(9(2)15(8)23-3)7-26-16-21-10-4-13-14(5-11(10)22-16)25-17(18,19)24-13/h4-6H,7H2,1-3H3,(H,21,22). The average Bonchev–Trinajstić information content (AvgIpc) is 3.09. The average molecular weight is 379 g/mol. The number of fused-ring (bicyclic) bond motifs is 2. The molecule has 6 nitrogen and oxygen atoms in total. The number of rotatable bonds is 4. The smallest absolute Gasteiger partial charge is 0.496 e.